The van der Waals surface area contributed by atoms with Crippen LogP contribution >= 0.6 is 0 Å². The fourth-order valence-electron chi connectivity index (χ4n) is 3.06. The standard InChI is InChI=1S/C13H25NO/c1-2-12-4-3-5-13(12)14-10-11-6-8-15-9-7-11/h11-14H,2-10H2,1H3. The quantitative estimate of drug-likeness (QED) is 0.771. The van der Waals surface area contributed by atoms with Crippen molar-refractivity contribution in [2.75, 3.05) is 19.8 Å². The molecule has 0 radical (unpaired) electrons. The number of hydrogen-bond acceptors (Lipinski definition) is 2. The summed E-state index contributed by atoms with van der Waals surface area (Å²) in [5.74, 6) is 1.82. The third-order valence-corrected chi connectivity index (χ3v) is 4.19. The van der Waals surface area contributed by atoms with E-state index in [0.717, 1.165) is 31.1 Å². The zero-order valence-corrected chi connectivity index (χ0v) is 10.0. The second kappa shape index (κ2) is 5.86. The van der Waals surface area contributed by atoms with Gasteiger partial charge < -0.3 is 10.1 Å². The highest BCUT2D eigenvalue weighted by Crippen LogP contribution is 2.28. The minimum Gasteiger partial charge on any atom is -0.381 e. The van der Waals surface area contributed by atoms with Crippen LogP contribution in [-0.2, 0) is 4.74 Å². The maximum absolute atomic E-state index is 5.39. The average Bonchev–Trinajstić information content (AvgIpc) is 2.75. The summed E-state index contributed by atoms with van der Waals surface area (Å²) in [5.41, 5.74) is 0. The molecule has 0 aromatic rings. The second-order valence-corrected chi connectivity index (χ2v) is 5.17. The summed E-state index contributed by atoms with van der Waals surface area (Å²) in [6, 6.07) is 0.817. The predicted molar refractivity (Wildman–Crippen MR) is 63.0 cm³/mol. The molecule has 1 saturated carbocycles. The van der Waals surface area contributed by atoms with E-state index in [1.807, 2.05) is 0 Å². The van der Waals surface area contributed by atoms with Crippen LogP contribution in [0, 0.1) is 11.8 Å². The minimum absolute atomic E-state index is 0.817. The largest absolute Gasteiger partial charge is 0.381 e. The normalized spacial score (nSPS) is 33.4. The first-order valence-electron chi connectivity index (χ1n) is 6.71. The highest BCUT2D eigenvalue weighted by atomic mass is 16.5. The molecule has 0 aromatic carbocycles. The van der Waals surface area contributed by atoms with Gasteiger partial charge in [-0.05, 0) is 44.1 Å². The Morgan fingerprint density at radius 3 is 2.67 bits per heavy atom. The van der Waals surface area contributed by atoms with Gasteiger partial charge in [-0.2, -0.15) is 0 Å². The molecule has 2 nitrogen and oxygen atoms in total. The number of ether oxygens (including phenoxy) is 1. The maximum Gasteiger partial charge on any atom is 0.0469 e. The average molecular weight is 211 g/mol. The molecule has 2 aliphatic rings. The van der Waals surface area contributed by atoms with Gasteiger partial charge in [0.2, 0.25) is 0 Å². The van der Waals surface area contributed by atoms with E-state index in [1.54, 1.807) is 0 Å². The predicted octanol–water partition coefficient (Wildman–Crippen LogP) is 2.58. The first kappa shape index (κ1) is 11.4. The summed E-state index contributed by atoms with van der Waals surface area (Å²) in [6.07, 6.45) is 8.16. The number of rotatable bonds is 4. The van der Waals surface area contributed by atoms with Crippen molar-refractivity contribution in [1.82, 2.24) is 5.32 Å². The Morgan fingerprint density at radius 2 is 1.93 bits per heavy atom. The van der Waals surface area contributed by atoms with Gasteiger partial charge in [0, 0.05) is 19.3 Å². The van der Waals surface area contributed by atoms with Crippen LogP contribution in [0.4, 0.5) is 0 Å². The van der Waals surface area contributed by atoms with Gasteiger partial charge in [-0.15, -0.1) is 0 Å². The molecule has 2 heteroatoms. The van der Waals surface area contributed by atoms with Crippen LogP contribution in [0.25, 0.3) is 0 Å². The van der Waals surface area contributed by atoms with Crippen LogP contribution in [0.1, 0.15) is 45.4 Å². The van der Waals surface area contributed by atoms with Gasteiger partial charge in [-0.1, -0.05) is 19.8 Å². The van der Waals surface area contributed by atoms with Gasteiger partial charge in [0.25, 0.3) is 0 Å². The zero-order valence-electron chi connectivity index (χ0n) is 10.0. The van der Waals surface area contributed by atoms with E-state index in [1.165, 1.54) is 45.1 Å². The van der Waals surface area contributed by atoms with Crippen LogP contribution in [0.5, 0.6) is 0 Å². The molecule has 0 amide bonds. The van der Waals surface area contributed by atoms with Crippen LogP contribution in [-0.4, -0.2) is 25.8 Å². The van der Waals surface area contributed by atoms with Crippen molar-refractivity contribution >= 4 is 0 Å². The van der Waals surface area contributed by atoms with Crippen molar-refractivity contribution in [3.05, 3.63) is 0 Å². The molecular weight excluding hydrogens is 186 g/mol. The molecule has 1 aliphatic carbocycles. The number of nitrogens with one attached hydrogen (secondary N) is 1. The van der Waals surface area contributed by atoms with E-state index in [4.69, 9.17) is 4.74 Å². The van der Waals surface area contributed by atoms with Gasteiger partial charge in [-0.3, -0.25) is 0 Å². The Labute approximate surface area is 93.8 Å². The van der Waals surface area contributed by atoms with Crippen LogP contribution in [0.3, 0.4) is 0 Å². The molecule has 1 heterocycles. The Kier molecular flexibility index (Phi) is 4.45. The van der Waals surface area contributed by atoms with Crippen molar-refractivity contribution < 1.29 is 4.74 Å². The molecule has 0 spiro atoms. The van der Waals surface area contributed by atoms with Crippen molar-refractivity contribution in [3.63, 3.8) is 0 Å². The molecule has 0 aromatic heterocycles. The Hall–Kier alpha value is -0.0800. The van der Waals surface area contributed by atoms with Crippen molar-refractivity contribution in [3.8, 4) is 0 Å². The van der Waals surface area contributed by atoms with Gasteiger partial charge >= 0.3 is 0 Å². The third kappa shape index (κ3) is 3.18. The Bertz CT molecular complexity index is 177. The molecule has 2 fully saturated rings. The lowest BCUT2D eigenvalue weighted by Crippen LogP contribution is -2.37. The second-order valence-electron chi connectivity index (χ2n) is 5.17. The molecule has 88 valence electrons. The summed E-state index contributed by atoms with van der Waals surface area (Å²) in [7, 11) is 0. The lowest BCUT2D eigenvalue weighted by Gasteiger charge is -2.26. The van der Waals surface area contributed by atoms with Gasteiger partial charge in [0.1, 0.15) is 0 Å². The van der Waals surface area contributed by atoms with Crippen molar-refractivity contribution in [1.29, 1.82) is 0 Å². The fraction of sp³-hybridized carbons (Fsp3) is 1.00. The van der Waals surface area contributed by atoms with Gasteiger partial charge in [-0.25, -0.2) is 0 Å². The monoisotopic (exact) mass is 211 g/mol. The van der Waals surface area contributed by atoms with E-state index >= 15 is 0 Å². The summed E-state index contributed by atoms with van der Waals surface area (Å²) < 4.78 is 5.39. The van der Waals surface area contributed by atoms with E-state index < -0.39 is 0 Å². The van der Waals surface area contributed by atoms with E-state index in [2.05, 4.69) is 12.2 Å². The molecule has 0 bridgehead atoms. The Balaban J connectivity index is 1.67. The maximum atomic E-state index is 5.39. The smallest absolute Gasteiger partial charge is 0.0469 e. The molecule has 15 heavy (non-hydrogen) atoms. The summed E-state index contributed by atoms with van der Waals surface area (Å²) in [5, 5.41) is 3.80. The molecule has 2 unspecified atom stereocenters. The highest BCUT2D eigenvalue weighted by molar-refractivity contribution is 4.83. The molecule has 2 rings (SSSR count). The molecular formula is C13H25NO. The van der Waals surface area contributed by atoms with Crippen LogP contribution < -0.4 is 5.32 Å². The Morgan fingerprint density at radius 1 is 1.13 bits per heavy atom. The lowest BCUT2D eigenvalue weighted by atomic mass is 9.97. The van der Waals surface area contributed by atoms with Crippen molar-refractivity contribution in [2.45, 2.75) is 51.5 Å². The van der Waals surface area contributed by atoms with E-state index in [0.29, 0.717) is 0 Å². The molecule has 1 N–H and O–H groups in total. The van der Waals surface area contributed by atoms with Crippen LogP contribution in [0.2, 0.25) is 0 Å². The summed E-state index contributed by atoms with van der Waals surface area (Å²) in [4.78, 5) is 0. The summed E-state index contributed by atoms with van der Waals surface area (Å²) in [6.45, 7) is 5.52. The first-order valence-corrected chi connectivity index (χ1v) is 6.71. The topological polar surface area (TPSA) is 21.3 Å². The van der Waals surface area contributed by atoms with Crippen molar-refractivity contribution in [2.24, 2.45) is 11.8 Å². The van der Waals surface area contributed by atoms with Gasteiger partial charge in [0.15, 0.2) is 0 Å². The molecule has 1 saturated heterocycles. The zero-order chi connectivity index (χ0) is 10.5. The molecule has 1 aliphatic heterocycles. The van der Waals surface area contributed by atoms with E-state index in [9.17, 15) is 0 Å². The van der Waals surface area contributed by atoms with Crippen LogP contribution in [0.15, 0.2) is 0 Å². The number of hydrogen-bond donors (Lipinski definition) is 1. The first-order chi connectivity index (χ1) is 7.40. The van der Waals surface area contributed by atoms with E-state index in [-0.39, 0.29) is 0 Å². The van der Waals surface area contributed by atoms with Gasteiger partial charge in [0.05, 0.1) is 0 Å². The summed E-state index contributed by atoms with van der Waals surface area (Å²) >= 11 is 0. The molecule has 2 atom stereocenters. The highest BCUT2D eigenvalue weighted by Gasteiger charge is 2.26. The fourth-order valence-corrected chi connectivity index (χ4v) is 3.06. The SMILES string of the molecule is CCC1CCCC1NCC1CCOCC1. The third-order valence-electron chi connectivity index (χ3n) is 4.19. The lowest BCUT2D eigenvalue weighted by molar-refractivity contribution is 0.0650. The minimum atomic E-state index is 0.817.